The van der Waals surface area contributed by atoms with Crippen LogP contribution in [0.4, 0.5) is 0 Å². The lowest BCUT2D eigenvalue weighted by molar-refractivity contribution is -0.123. The summed E-state index contributed by atoms with van der Waals surface area (Å²) in [7, 11) is 0. The van der Waals surface area contributed by atoms with Crippen molar-refractivity contribution in [1.82, 2.24) is 5.32 Å². The summed E-state index contributed by atoms with van der Waals surface area (Å²) < 4.78 is 5.45. The number of carbonyl (C=O) groups excluding carboxylic acids is 1. The second-order valence-electron chi connectivity index (χ2n) is 5.95. The Bertz CT molecular complexity index is 449. The third-order valence-electron chi connectivity index (χ3n) is 3.87. The quantitative estimate of drug-likeness (QED) is 0.802. The van der Waals surface area contributed by atoms with Crippen LogP contribution in [0, 0.1) is 5.41 Å². The highest BCUT2D eigenvalue weighted by Gasteiger charge is 2.42. The summed E-state index contributed by atoms with van der Waals surface area (Å²) in [4.78, 5) is 11.7. The van der Waals surface area contributed by atoms with Gasteiger partial charge in [-0.1, -0.05) is 26.0 Å². The van der Waals surface area contributed by atoms with Gasteiger partial charge in [0, 0.05) is 12.0 Å². The van der Waals surface area contributed by atoms with E-state index in [4.69, 9.17) is 9.84 Å². The normalized spacial score (nSPS) is 16.0. The summed E-state index contributed by atoms with van der Waals surface area (Å²) in [6.07, 6.45) is 1.97. The lowest BCUT2D eigenvalue weighted by atomic mass is 10.0. The van der Waals surface area contributed by atoms with Crippen LogP contribution in [0.5, 0.6) is 5.75 Å². The Morgan fingerprint density at radius 1 is 1.35 bits per heavy atom. The maximum atomic E-state index is 11.7. The van der Waals surface area contributed by atoms with E-state index in [0.717, 1.165) is 12.8 Å². The first-order valence-electron chi connectivity index (χ1n) is 7.15. The van der Waals surface area contributed by atoms with Crippen LogP contribution < -0.4 is 10.1 Å². The number of nitrogens with one attached hydrogen (secondary N) is 1. The molecular weight excluding hydrogens is 254 g/mol. The van der Waals surface area contributed by atoms with E-state index in [1.807, 2.05) is 24.3 Å². The number of amides is 1. The van der Waals surface area contributed by atoms with Crippen molar-refractivity contribution in [3.63, 3.8) is 0 Å². The van der Waals surface area contributed by atoms with Gasteiger partial charge in [-0.3, -0.25) is 4.79 Å². The Morgan fingerprint density at radius 3 is 2.50 bits per heavy atom. The minimum atomic E-state index is -0.141. The molecule has 1 aliphatic rings. The lowest BCUT2D eigenvalue weighted by Gasteiger charge is -2.13. The van der Waals surface area contributed by atoms with Crippen molar-refractivity contribution in [2.24, 2.45) is 5.41 Å². The van der Waals surface area contributed by atoms with E-state index < -0.39 is 0 Å². The minimum Gasteiger partial charge on any atom is -0.484 e. The van der Waals surface area contributed by atoms with Gasteiger partial charge in [0.1, 0.15) is 5.75 Å². The van der Waals surface area contributed by atoms with Crippen molar-refractivity contribution in [1.29, 1.82) is 0 Å². The lowest BCUT2D eigenvalue weighted by Crippen LogP contribution is -2.35. The number of hydrogen-bond donors (Lipinski definition) is 2. The maximum absolute atomic E-state index is 11.7. The van der Waals surface area contributed by atoms with Crippen LogP contribution in [0.2, 0.25) is 0 Å². The standard InChI is InChI=1S/C16H23NO3/c1-12(2)13-3-5-14(6-4-13)20-9-15(19)17-10-16(11-18)7-8-16/h3-6,12,18H,7-11H2,1-2H3,(H,17,19). The smallest absolute Gasteiger partial charge is 0.257 e. The van der Waals surface area contributed by atoms with Crippen molar-refractivity contribution < 1.29 is 14.6 Å². The Balaban J connectivity index is 1.72. The van der Waals surface area contributed by atoms with Crippen molar-refractivity contribution in [2.75, 3.05) is 19.8 Å². The molecule has 2 rings (SSSR count). The van der Waals surface area contributed by atoms with Gasteiger partial charge in [-0.25, -0.2) is 0 Å². The van der Waals surface area contributed by atoms with Gasteiger partial charge in [-0.2, -0.15) is 0 Å². The second-order valence-corrected chi connectivity index (χ2v) is 5.95. The maximum Gasteiger partial charge on any atom is 0.257 e. The molecule has 0 spiro atoms. The van der Waals surface area contributed by atoms with Crippen LogP contribution in [0.3, 0.4) is 0 Å². The summed E-state index contributed by atoms with van der Waals surface area (Å²) in [6.45, 7) is 4.97. The molecule has 0 aromatic heterocycles. The summed E-state index contributed by atoms with van der Waals surface area (Å²) in [5.41, 5.74) is 1.19. The van der Waals surface area contributed by atoms with Crippen LogP contribution in [-0.4, -0.2) is 30.8 Å². The van der Waals surface area contributed by atoms with Crippen LogP contribution in [0.15, 0.2) is 24.3 Å². The molecule has 4 heteroatoms. The van der Waals surface area contributed by atoms with E-state index in [-0.39, 0.29) is 24.5 Å². The first-order chi connectivity index (χ1) is 9.54. The number of hydrogen-bond acceptors (Lipinski definition) is 3. The number of benzene rings is 1. The molecule has 0 aliphatic heterocycles. The summed E-state index contributed by atoms with van der Waals surface area (Å²) in [5, 5.41) is 12.0. The van der Waals surface area contributed by atoms with Gasteiger partial charge in [-0.05, 0) is 36.5 Å². The zero-order chi connectivity index (χ0) is 14.6. The number of carbonyl (C=O) groups is 1. The summed E-state index contributed by atoms with van der Waals surface area (Å²) >= 11 is 0. The fourth-order valence-electron chi connectivity index (χ4n) is 2.00. The Labute approximate surface area is 120 Å². The van der Waals surface area contributed by atoms with E-state index in [1.54, 1.807) is 0 Å². The molecule has 1 aliphatic carbocycles. The fourth-order valence-corrected chi connectivity index (χ4v) is 2.00. The molecule has 1 aromatic carbocycles. The van der Waals surface area contributed by atoms with Gasteiger partial charge < -0.3 is 15.2 Å². The highest BCUT2D eigenvalue weighted by Crippen LogP contribution is 2.44. The Morgan fingerprint density at radius 2 is 2.00 bits per heavy atom. The molecule has 0 unspecified atom stereocenters. The Hall–Kier alpha value is -1.55. The molecule has 2 N–H and O–H groups in total. The van der Waals surface area contributed by atoms with E-state index >= 15 is 0 Å². The second kappa shape index (κ2) is 6.27. The zero-order valence-corrected chi connectivity index (χ0v) is 12.2. The van der Waals surface area contributed by atoms with Crippen LogP contribution in [0.25, 0.3) is 0 Å². The average Bonchev–Trinajstić information content (AvgIpc) is 3.24. The molecule has 20 heavy (non-hydrogen) atoms. The number of ether oxygens (including phenoxy) is 1. The van der Waals surface area contributed by atoms with Gasteiger partial charge in [0.25, 0.3) is 5.91 Å². The first-order valence-corrected chi connectivity index (χ1v) is 7.15. The zero-order valence-electron chi connectivity index (χ0n) is 12.2. The molecule has 0 heterocycles. The average molecular weight is 277 g/mol. The molecule has 0 saturated heterocycles. The molecule has 110 valence electrons. The monoisotopic (exact) mass is 277 g/mol. The highest BCUT2D eigenvalue weighted by molar-refractivity contribution is 5.77. The SMILES string of the molecule is CC(C)c1ccc(OCC(=O)NCC2(CO)CC2)cc1. The Kier molecular flexibility index (Phi) is 4.65. The van der Waals surface area contributed by atoms with E-state index in [2.05, 4.69) is 19.2 Å². The molecule has 4 nitrogen and oxygen atoms in total. The third kappa shape index (κ3) is 3.97. The molecule has 0 atom stereocenters. The molecule has 0 bridgehead atoms. The summed E-state index contributed by atoms with van der Waals surface area (Å²) in [6, 6.07) is 7.81. The van der Waals surface area contributed by atoms with Crippen molar-refractivity contribution in [3.8, 4) is 5.75 Å². The number of aliphatic hydroxyl groups is 1. The van der Waals surface area contributed by atoms with Crippen molar-refractivity contribution in [3.05, 3.63) is 29.8 Å². The molecule has 1 fully saturated rings. The van der Waals surface area contributed by atoms with Crippen molar-refractivity contribution >= 4 is 5.91 Å². The highest BCUT2D eigenvalue weighted by atomic mass is 16.5. The van der Waals surface area contributed by atoms with E-state index in [9.17, 15) is 4.79 Å². The fraction of sp³-hybridized carbons (Fsp3) is 0.562. The molecule has 1 amide bonds. The van der Waals surface area contributed by atoms with Crippen LogP contribution in [0.1, 0.15) is 38.2 Å². The molecule has 1 saturated carbocycles. The van der Waals surface area contributed by atoms with E-state index in [0.29, 0.717) is 18.2 Å². The molecular formula is C16H23NO3. The van der Waals surface area contributed by atoms with Crippen LogP contribution >= 0.6 is 0 Å². The summed E-state index contributed by atoms with van der Waals surface area (Å²) in [5.74, 6) is 1.05. The van der Waals surface area contributed by atoms with Gasteiger partial charge in [-0.15, -0.1) is 0 Å². The van der Waals surface area contributed by atoms with Gasteiger partial charge in [0.15, 0.2) is 6.61 Å². The molecule has 0 radical (unpaired) electrons. The van der Waals surface area contributed by atoms with Crippen molar-refractivity contribution in [2.45, 2.75) is 32.6 Å². The predicted molar refractivity (Wildman–Crippen MR) is 77.8 cm³/mol. The van der Waals surface area contributed by atoms with Gasteiger partial charge >= 0.3 is 0 Å². The minimum absolute atomic E-state index is 0.0164. The third-order valence-corrected chi connectivity index (χ3v) is 3.87. The largest absolute Gasteiger partial charge is 0.484 e. The predicted octanol–water partition coefficient (Wildman–Crippen LogP) is 2.08. The van der Waals surface area contributed by atoms with E-state index in [1.165, 1.54) is 5.56 Å². The molecule has 1 aromatic rings. The number of rotatable bonds is 7. The van der Waals surface area contributed by atoms with Gasteiger partial charge in [0.2, 0.25) is 0 Å². The topological polar surface area (TPSA) is 58.6 Å². The van der Waals surface area contributed by atoms with Crippen LogP contribution in [-0.2, 0) is 4.79 Å². The number of aliphatic hydroxyl groups excluding tert-OH is 1. The van der Waals surface area contributed by atoms with Gasteiger partial charge in [0.05, 0.1) is 6.61 Å². The first kappa shape index (κ1) is 14.9.